The fourth-order valence-corrected chi connectivity index (χ4v) is 2.15. The monoisotopic (exact) mass is 238 g/mol. The van der Waals surface area contributed by atoms with Gasteiger partial charge in [-0.2, -0.15) is 0 Å². The fraction of sp³-hybridized carbons (Fsp3) is 0.714. The molecule has 1 aromatic heterocycles. The molecule has 1 heterocycles. The lowest BCUT2D eigenvalue weighted by Crippen LogP contribution is -2.25. The molecule has 0 radical (unpaired) electrons. The Kier molecular flexibility index (Phi) is 6.30. The molecule has 0 saturated carbocycles. The summed E-state index contributed by atoms with van der Waals surface area (Å²) in [4.78, 5) is 0. The fourth-order valence-electron chi connectivity index (χ4n) is 2.15. The number of aliphatic hydroxyl groups is 1. The van der Waals surface area contributed by atoms with Gasteiger partial charge in [-0.05, 0) is 36.9 Å². The van der Waals surface area contributed by atoms with Crippen molar-refractivity contribution in [3.05, 3.63) is 24.0 Å². The molecule has 1 unspecified atom stereocenters. The van der Waals surface area contributed by atoms with E-state index in [-0.39, 0.29) is 0 Å². The van der Waals surface area contributed by atoms with Crippen molar-refractivity contribution in [1.29, 1.82) is 0 Å². The average Bonchev–Trinajstić information content (AvgIpc) is 2.74. The van der Waals surface area contributed by atoms with Crippen LogP contribution in [0.3, 0.4) is 0 Å². The molecular formula is C14H26N2O. The van der Waals surface area contributed by atoms with Crippen LogP contribution in [-0.4, -0.2) is 22.8 Å². The van der Waals surface area contributed by atoms with Gasteiger partial charge in [-0.1, -0.05) is 20.8 Å². The van der Waals surface area contributed by atoms with Crippen molar-refractivity contribution in [3.63, 3.8) is 0 Å². The van der Waals surface area contributed by atoms with Gasteiger partial charge in [0.25, 0.3) is 0 Å². The van der Waals surface area contributed by atoms with Crippen LogP contribution in [0.4, 0.5) is 0 Å². The first kappa shape index (κ1) is 14.3. The van der Waals surface area contributed by atoms with E-state index in [1.54, 1.807) is 0 Å². The highest BCUT2D eigenvalue weighted by atomic mass is 16.2. The number of aryl methyl sites for hydroxylation is 1. The van der Waals surface area contributed by atoms with E-state index in [2.05, 4.69) is 49.1 Å². The second-order valence-corrected chi connectivity index (χ2v) is 4.89. The summed E-state index contributed by atoms with van der Waals surface area (Å²) in [6.45, 7) is 8.93. The Morgan fingerprint density at radius 2 is 2.12 bits per heavy atom. The summed E-state index contributed by atoms with van der Waals surface area (Å²) in [5.74, 6) is 0.600. The topological polar surface area (TPSA) is 37.2 Å². The van der Waals surface area contributed by atoms with Crippen molar-refractivity contribution in [3.8, 4) is 0 Å². The maximum atomic E-state index is 8.76. The second-order valence-electron chi connectivity index (χ2n) is 4.89. The smallest absolute Gasteiger partial charge is 0.0431 e. The third-order valence-corrected chi connectivity index (χ3v) is 3.05. The SMILES string of the molecule is CCNC(c1ccn(CCCCO)c1)C(C)C. The van der Waals surface area contributed by atoms with Crippen LogP contribution < -0.4 is 5.32 Å². The molecule has 1 rings (SSSR count). The minimum absolute atomic E-state index is 0.292. The van der Waals surface area contributed by atoms with Crippen LogP contribution in [-0.2, 0) is 6.54 Å². The minimum Gasteiger partial charge on any atom is -0.396 e. The van der Waals surface area contributed by atoms with Crippen molar-refractivity contribution >= 4 is 0 Å². The number of aromatic nitrogens is 1. The van der Waals surface area contributed by atoms with Gasteiger partial charge in [0.15, 0.2) is 0 Å². The van der Waals surface area contributed by atoms with E-state index in [0.717, 1.165) is 25.9 Å². The third-order valence-electron chi connectivity index (χ3n) is 3.05. The first-order valence-corrected chi connectivity index (χ1v) is 6.69. The van der Waals surface area contributed by atoms with E-state index in [1.807, 2.05) is 0 Å². The lowest BCUT2D eigenvalue weighted by molar-refractivity contribution is 0.281. The molecule has 0 aromatic carbocycles. The van der Waals surface area contributed by atoms with Gasteiger partial charge in [0.05, 0.1) is 0 Å². The van der Waals surface area contributed by atoms with Crippen molar-refractivity contribution in [2.24, 2.45) is 5.92 Å². The number of aliphatic hydroxyl groups excluding tert-OH is 1. The lowest BCUT2D eigenvalue weighted by Gasteiger charge is -2.20. The Morgan fingerprint density at radius 1 is 1.35 bits per heavy atom. The molecule has 0 aliphatic carbocycles. The second kappa shape index (κ2) is 7.51. The highest BCUT2D eigenvalue weighted by Crippen LogP contribution is 2.21. The maximum Gasteiger partial charge on any atom is 0.0431 e. The first-order chi connectivity index (χ1) is 8.19. The Morgan fingerprint density at radius 3 is 2.71 bits per heavy atom. The molecule has 0 aliphatic heterocycles. The Labute approximate surface area is 105 Å². The van der Waals surface area contributed by atoms with Crippen LogP contribution in [0.2, 0.25) is 0 Å². The van der Waals surface area contributed by atoms with E-state index in [0.29, 0.717) is 18.6 Å². The van der Waals surface area contributed by atoms with Crippen LogP contribution in [0.25, 0.3) is 0 Å². The molecule has 1 aromatic rings. The summed E-state index contributed by atoms with van der Waals surface area (Å²) in [5, 5.41) is 12.3. The van der Waals surface area contributed by atoms with Gasteiger partial charge in [0.1, 0.15) is 0 Å². The molecule has 3 heteroatoms. The van der Waals surface area contributed by atoms with Gasteiger partial charge in [-0.25, -0.2) is 0 Å². The summed E-state index contributed by atoms with van der Waals surface area (Å²) in [7, 11) is 0. The van der Waals surface area contributed by atoms with Gasteiger partial charge < -0.3 is 15.0 Å². The molecular weight excluding hydrogens is 212 g/mol. The zero-order valence-corrected chi connectivity index (χ0v) is 11.3. The quantitative estimate of drug-likeness (QED) is 0.683. The van der Waals surface area contributed by atoms with E-state index in [1.165, 1.54) is 5.56 Å². The standard InChI is InChI=1S/C14H26N2O/c1-4-15-14(12(2)3)13-7-9-16(11-13)8-5-6-10-17/h7,9,11-12,14-15,17H,4-6,8,10H2,1-3H3. The summed E-state index contributed by atoms with van der Waals surface area (Å²) in [5.41, 5.74) is 1.37. The molecule has 98 valence electrons. The highest BCUT2D eigenvalue weighted by Gasteiger charge is 2.15. The van der Waals surface area contributed by atoms with Crippen LogP contribution in [0, 0.1) is 5.92 Å². The summed E-state index contributed by atoms with van der Waals surface area (Å²) < 4.78 is 2.22. The Hall–Kier alpha value is -0.800. The number of nitrogens with zero attached hydrogens (tertiary/aromatic N) is 1. The van der Waals surface area contributed by atoms with E-state index < -0.39 is 0 Å². The van der Waals surface area contributed by atoms with E-state index in [9.17, 15) is 0 Å². The zero-order valence-electron chi connectivity index (χ0n) is 11.3. The van der Waals surface area contributed by atoms with Gasteiger partial charge in [0.2, 0.25) is 0 Å². The van der Waals surface area contributed by atoms with Crippen molar-refractivity contribution in [2.45, 2.75) is 46.2 Å². The molecule has 0 bridgehead atoms. The molecule has 17 heavy (non-hydrogen) atoms. The zero-order chi connectivity index (χ0) is 12.7. The number of hydrogen-bond acceptors (Lipinski definition) is 2. The maximum absolute atomic E-state index is 8.76. The van der Waals surface area contributed by atoms with Gasteiger partial charge >= 0.3 is 0 Å². The molecule has 3 nitrogen and oxygen atoms in total. The van der Waals surface area contributed by atoms with Crippen LogP contribution in [0.5, 0.6) is 0 Å². The van der Waals surface area contributed by atoms with Crippen molar-refractivity contribution in [1.82, 2.24) is 9.88 Å². The van der Waals surface area contributed by atoms with E-state index in [4.69, 9.17) is 5.11 Å². The Bertz CT molecular complexity index is 307. The van der Waals surface area contributed by atoms with Gasteiger partial charge in [-0.3, -0.25) is 0 Å². The molecule has 0 aliphatic rings. The normalized spacial score (nSPS) is 13.2. The first-order valence-electron chi connectivity index (χ1n) is 6.69. The van der Waals surface area contributed by atoms with E-state index >= 15 is 0 Å². The molecule has 0 fully saturated rings. The average molecular weight is 238 g/mol. The van der Waals surface area contributed by atoms with Gasteiger partial charge in [0, 0.05) is 31.6 Å². The lowest BCUT2D eigenvalue weighted by atomic mass is 9.98. The molecule has 0 spiro atoms. The van der Waals surface area contributed by atoms with Gasteiger partial charge in [-0.15, -0.1) is 0 Å². The minimum atomic E-state index is 0.292. The summed E-state index contributed by atoms with van der Waals surface area (Å²) >= 11 is 0. The number of nitrogens with one attached hydrogen (secondary N) is 1. The predicted molar refractivity (Wildman–Crippen MR) is 72.0 cm³/mol. The van der Waals surface area contributed by atoms with Crippen LogP contribution in [0.1, 0.15) is 45.2 Å². The van der Waals surface area contributed by atoms with Crippen molar-refractivity contribution < 1.29 is 5.11 Å². The summed E-state index contributed by atoms with van der Waals surface area (Å²) in [6, 6.07) is 2.64. The molecule has 1 atom stereocenters. The van der Waals surface area contributed by atoms with Crippen LogP contribution in [0.15, 0.2) is 18.5 Å². The molecule has 0 amide bonds. The number of unbranched alkanes of at least 4 members (excludes halogenated alkanes) is 1. The van der Waals surface area contributed by atoms with Crippen LogP contribution >= 0.6 is 0 Å². The highest BCUT2D eigenvalue weighted by molar-refractivity contribution is 5.16. The third kappa shape index (κ3) is 4.52. The number of rotatable bonds is 8. The van der Waals surface area contributed by atoms with Crippen molar-refractivity contribution in [2.75, 3.05) is 13.2 Å². The Balaban J connectivity index is 2.58. The summed E-state index contributed by atoms with van der Waals surface area (Å²) in [6.07, 6.45) is 6.29. The predicted octanol–water partition coefficient (Wildman–Crippen LogP) is 2.57. The number of hydrogen-bond donors (Lipinski definition) is 2. The molecule has 0 saturated heterocycles. The largest absolute Gasteiger partial charge is 0.396 e. The molecule has 2 N–H and O–H groups in total.